The molecule has 18 heavy (non-hydrogen) atoms. The van der Waals surface area contributed by atoms with E-state index >= 15 is 0 Å². The molecule has 1 heterocycles. The second-order valence-corrected chi connectivity index (χ2v) is 4.91. The molecule has 98 valence electrons. The molecule has 2 rings (SSSR count). The van der Waals surface area contributed by atoms with E-state index in [4.69, 9.17) is 0 Å². The smallest absolute Gasteiger partial charge is 0.234 e. The first-order valence-corrected chi connectivity index (χ1v) is 6.69. The lowest BCUT2D eigenvalue weighted by atomic mass is 10.2. The molecule has 0 bridgehead atoms. The Labute approximate surface area is 108 Å². The summed E-state index contributed by atoms with van der Waals surface area (Å²) < 4.78 is 0. The lowest BCUT2D eigenvalue weighted by Gasteiger charge is -2.15. The summed E-state index contributed by atoms with van der Waals surface area (Å²) in [5.41, 5.74) is 0.964. The van der Waals surface area contributed by atoms with Gasteiger partial charge in [0.25, 0.3) is 0 Å². The minimum atomic E-state index is 0.0877. The van der Waals surface area contributed by atoms with Crippen LogP contribution >= 0.6 is 0 Å². The molecule has 0 radical (unpaired) electrons. The Morgan fingerprint density at radius 1 is 1.44 bits per heavy atom. The highest BCUT2D eigenvalue weighted by atomic mass is 16.1. The summed E-state index contributed by atoms with van der Waals surface area (Å²) in [6.45, 7) is 2.37. The van der Waals surface area contributed by atoms with Gasteiger partial charge in [-0.15, -0.1) is 0 Å². The molecule has 0 spiro atoms. The second kappa shape index (κ2) is 6.50. The number of pyridine rings is 1. The number of nitrogens with one attached hydrogen (secondary N) is 2. The van der Waals surface area contributed by atoms with Crippen molar-refractivity contribution in [2.75, 3.05) is 6.54 Å². The molecule has 1 aromatic heterocycles. The Morgan fingerprint density at radius 3 is 2.89 bits per heavy atom. The monoisotopic (exact) mass is 247 g/mol. The fraction of sp³-hybridized carbons (Fsp3) is 0.571. The third-order valence-electron chi connectivity index (χ3n) is 3.42. The molecule has 0 unspecified atom stereocenters. The van der Waals surface area contributed by atoms with E-state index in [0.29, 0.717) is 12.6 Å². The van der Waals surface area contributed by atoms with Crippen LogP contribution in [0.5, 0.6) is 0 Å². The zero-order chi connectivity index (χ0) is 12.8. The van der Waals surface area contributed by atoms with Gasteiger partial charge in [0.15, 0.2) is 0 Å². The first-order chi connectivity index (χ1) is 8.75. The van der Waals surface area contributed by atoms with Gasteiger partial charge < -0.3 is 10.6 Å². The first kappa shape index (κ1) is 13.0. The average molecular weight is 247 g/mol. The van der Waals surface area contributed by atoms with Crippen molar-refractivity contribution in [1.29, 1.82) is 0 Å². The van der Waals surface area contributed by atoms with E-state index in [1.807, 2.05) is 25.1 Å². The summed E-state index contributed by atoms with van der Waals surface area (Å²) in [6.07, 6.45) is 6.50. The van der Waals surface area contributed by atoms with Crippen molar-refractivity contribution in [3.8, 4) is 0 Å². The SMILES string of the molecule is C[C@@H](NCC(=O)NC1CCCC1)c1ccccn1. The van der Waals surface area contributed by atoms with Crippen LogP contribution in [-0.4, -0.2) is 23.5 Å². The maximum Gasteiger partial charge on any atom is 0.234 e. The maximum atomic E-state index is 11.7. The summed E-state index contributed by atoms with van der Waals surface area (Å²) in [5, 5.41) is 6.26. The Bertz CT molecular complexity index is 374. The Hall–Kier alpha value is -1.42. The van der Waals surface area contributed by atoms with Crippen LogP contribution in [0.2, 0.25) is 0 Å². The predicted molar refractivity (Wildman–Crippen MR) is 71.1 cm³/mol. The lowest BCUT2D eigenvalue weighted by Crippen LogP contribution is -2.39. The van der Waals surface area contributed by atoms with Crippen molar-refractivity contribution in [3.05, 3.63) is 30.1 Å². The summed E-state index contributed by atoms with van der Waals surface area (Å²) in [6, 6.07) is 6.30. The van der Waals surface area contributed by atoms with E-state index in [1.54, 1.807) is 6.20 Å². The standard InChI is InChI=1S/C14H21N3O/c1-11(13-8-4-5-9-15-13)16-10-14(18)17-12-6-2-3-7-12/h4-5,8-9,11-12,16H,2-3,6-7,10H2,1H3,(H,17,18)/t11-/m1/s1. The van der Waals surface area contributed by atoms with Crippen LogP contribution in [-0.2, 0) is 4.79 Å². The molecule has 4 heteroatoms. The second-order valence-electron chi connectivity index (χ2n) is 4.91. The van der Waals surface area contributed by atoms with Gasteiger partial charge in [0, 0.05) is 18.3 Å². The van der Waals surface area contributed by atoms with E-state index in [9.17, 15) is 4.79 Å². The van der Waals surface area contributed by atoms with E-state index in [-0.39, 0.29) is 11.9 Å². The number of carbonyl (C=O) groups is 1. The molecule has 0 aromatic carbocycles. The fourth-order valence-corrected chi connectivity index (χ4v) is 2.33. The van der Waals surface area contributed by atoms with Gasteiger partial charge in [-0.2, -0.15) is 0 Å². The van der Waals surface area contributed by atoms with Gasteiger partial charge in [0.2, 0.25) is 5.91 Å². The highest BCUT2D eigenvalue weighted by Crippen LogP contribution is 2.17. The molecule has 4 nitrogen and oxygen atoms in total. The van der Waals surface area contributed by atoms with Crippen LogP contribution in [0.3, 0.4) is 0 Å². The van der Waals surface area contributed by atoms with Gasteiger partial charge in [0.1, 0.15) is 0 Å². The Balaban J connectivity index is 1.72. The summed E-state index contributed by atoms with van der Waals surface area (Å²) in [4.78, 5) is 16.0. The van der Waals surface area contributed by atoms with Crippen LogP contribution in [0.1, 0.15) is 44.3 Å². The third kappa shape index (κ3) is 3.81. The quantitative estimate of drug-likeness (QED) is 0.834. The van der Waals surface area contributed by atoms with Crippen molar-refractivity contribution in [2.24, 2.45) is 0 Å². The molecule has 1 aliphatic rings. The number of carbonyl (C=O) groups excluding carboxylic acids is 1. The van der Waals surface area contributed by atoms with Crippen molar-refractivity contribution in [1.82, 2.24) is 15.6 Å². The average Bonchev–Trinajstić information content (AvgIpc) is 2.90. The van der Waals surface area contributed by atoms with Crippen molar-refractivity contribution in [3.63, 3.8) is 0 Å². The van der Waals surface area contributed by atoms with Crippen LogP contribution in [0.25, 0.3) is 0 Å². The summed E-state index contributed by atoms with van der Waals surface area (Å²) >= 11 is 0. The Morgan fingerprint density at radius 2 is 2.22 bits per heavy atom. The van der Waals surface area contributed by atoms with Gasteiger partial charge in [0.05, 0.1) is 12.2 Å². The molecule has 0 saturated heterocycles. The molecule has 0 aliphatic heterocycles. The number of nitrogens with zero attached hydrogens (tertiary/aromatic N) is 1. The highest BCUT2D eigenvalue weighted by Gasteiger charge is 2.17. The fourth-order valence-electron chi connectivity index (χ4n) is 2.33. The molecule has 1 atom stereocenters. The van der Waals surface area contributed by atoms with E-state index in [2.05, 4.69) is 15.6 Å². The van der Waals surface area contributed by atoms with Crippen LogP contribution < -0.4 is 10.6 Å². The zero-order valence-corrected chi connectivity index (χ0v) is 10.9. The maximum absolute atomic E-state index is 11.7. The number of hydrogen-bond acceptors (Lipinski definition) is 3. The topological polar surface area (TPSA) is 54.0 Å². The van der Waals surface area contributed by atoms with E-state index in [0.717, 1.165) is 18.5 Å². The van der Waals surface area contributed by atoms with Crippen LogP contribution in [0, 0.1) is 0 Å². The van der Waals surface area contributed by atoms with Crippen molar-refractivity contribution >= 4 is 5.91 Å². The lowest BCUT2D eigenvalue weighted by molar-refractivity contribution is -0.121. The largest absolute Gasteiger partial charge is 0.352 e. The van der Waals surface area contributed by atoms with Crippen LogP contribution in [0.15, 0.2) is 24.4 Å². The van der Waals surface area contributed by atoms with Crippen LogP contribution in [0.4, 0.5) is 0 Å². The predicted octanol–water partition coefficient (Wildman–Crippen LogP) is 1.79. The zero-order valence-electron chi connectivity index (χ0n) is 10.9. The third-order valence-corrected chi connectivity index (χ3v) is 3.42. The van der Waals surface area contributed by atoms with E-state index < -0.39 is 0 Å². The number of rotatable bonds is 5. The van der Waals surface area contributed by atoms with E-state index in [1.165, 1.54) is 12.8 Å². The molecular formula is C14H21N3O. The molecule has 1 aromatic rings. The Kier molecular flexibility index (Phi) is 4.70. The molecule has 1 fully saturated rings. The normalized spacial score (nSPS) is 17.6. The van der Waals surface area contributed by atoms with Gasteiger partial charge >= 0.3 is 0 Å². The summed E-state index contributed by atoms with van der Waals surface area (Å²) in [5.74, 6) is 0.0877. The van der Waals surface area contributed by atoms with Gasteiger partial charge in [-0.3, -0.25) is 9.78 Å². The molecule has 1 amide bonds. The number of aromatic nitrogens is 1. The first-order valence-electron chi connectivity index (χ1n) is 6.69. The molecule has 2 N–H and O–H groups in total. The van der Waals surface area contributed by atoms with Gasteiger partial charge in [-0.25, -0.2) is 0 Å². The minimum Gasteiger partial charge on any atom is -0.352 e. The van der Waals surface area contributed by atoms with Crippen molar-refractivity contribution < 1.29 is 4.79 Å². The minimum absolute atomic E-state index is 0.0877. The number of hydrogen-bond donors (Lipinski definition) is 2. The van der Waals surface area contributed by atoms with Gasteiger partial charge in [-0.1, -0.05) is 18.9 Å². The summed E-state index contributed by atoms with van der Waals surface area (Å²) in [7, 11) is 0. The molecular weight excluding hydrogens is 226 g/mol. The van der Waals surface area contributed by atoms with Gasteiger partial charge in [-0.05, 0) is 31.9 Å². The number of amides is 1. The molecule has 1 aliphatic carbocycles. The van der Waals surface area contributed by atoms with Crippen molar-refractivity contribution in [2.45, 2.75) is 44.7 Å². The highest BCUT2D eigenvalue weighted by molar-refractivity contribution is 5.78. The molecule has 1 saturated carbocycles.